The molecule has 0 bridgehead atoms. The van der Waals surface area contributed by atoms with Crippen LogP contribution in [0.5, 0.6) is 5.75 Å². The summed E-state index contributed by atoms with van der Waals surface area (Å²) in [6.45, 7) is 2.90. The molecule has 0 saturated heterocycles. The van der Waals surface area contributed by atoms with Crippen molar-refractivity contribution in [2.75, 3.05) is 7.11 Å². The van der Waals surface area contributed by atoms with Gasteiger partial charge in [0.25, 0.3) is 0 Å². The lowest BCUT2D eigenvalue weighted by Crippen LogP contribution is -2.17. The molecule has 156 valence electrons. The number of fused-ring (bicyclic) bond motifs is 1. The summed E-state index contributed by atoms with van der Waals surface area (Å²) < 4.78 is 9.64. The summed E-state index contributed by atoms with van der Waals surface area (Å²) in [6, 6.07) is 16.7. The Bertz CT molecular complexity index is 1220. The quantitative estimate of drug-likeness (QED) is 0.470. The normalized spacial score (nSPS) is 15.9. The van der Waals surface area contributed by atoms with Crippen LogP contribution >= 0.6 is 0 Å². The lowest BCUT2D eigenvalue weighted by Gasteiger charge is -2.22. The van der Waals surface area contributed by atoms with Gasteiger partial charge in [-0.25, -0.2) is 14.6 Å². The molecule has 2 aromatic heterocycles. The molecule has 3 heterocycles. The minimum atomic E-state index is 0.308. The molecule has 0 spiro atoms. The van der Waals surface area contributed by atoms with Gasteiger partial charge in [0.2, 0.25) is 0 Å². The monoisotopic (exact) mass is 411 g/mol. The van der Waals surface area contributed by atoms with Gasteiger partial charge in [-0.15, -0.1) is 0 Å². The lowest BCUT2D eigenvalue weighted by molar-refractivity contribution is 0.413. The van der Waals surface area contributed by atoms with Gasteiger partial charge in [0, 0.05) is 18.7 Å². The number of aryl methyl sites for hydroxylation is 2. The summed E-state index contributed by atoms with van der Waals surface area (Å²) in [5.41, 5.74) is 4.27. The molecule has 0 radical (unpaired) electrons. The Morgan fingerprint density at radius 2 is 1.97 bits per heavy atom. The molecule has 1 atom stereocenters. The first-order valence-electron chi connectivity index (χ1n) is 10.6. The maximum atomic E-state index is 5.61. The van der Waals surface area contributed by atoms with Gasteiger partial charge in [0.15, 0.2) is 5.82 Å². The van der Waals surface area contributed by atoms with Crippen LogP contribution in [0, 0.1) is 6.92 Å². The molecule has 1 aliphatic heterocycles. The van der Waals surface area contributed by atoms with Gasteiger partial charge >= 0.3 is 0 Å². The van der Waals surface area contributed by atoms with E-state index in [-0.39, 0.29) is 0 Å². The van der Waals surface area contributed by atoms with Crippen LogP contribution in [0.4, 0.5) is 0 Å². The Kier molecular flexibility index (Phi) is 5.12. The van der Waals surface area contributed by atoms with Crippen molar-refractivity contribution >= 4 is 12.2 Å². The average molecular weight is 412 g/mol. The van der Waals surface area contributed by atoms with Gasteiger partial charge in [0.05, 0.1) is 24.8 Å². The summed E-state index contributed by atoms with van der Waals surface area (Å²) in [7, 11) is 1.69. The van der Waals surface area contributed by atoms with Crippen LogP contribution < -0.4 is 4.74 Å². The molecule has 0 fully saturated rings. The van der Waals surface area contributed by atoms with Crippen molar-refractivity contribution in [3.8, 4) is 11.4 Å². The first kappa shape index (κ1) is 19.3. The lowest BCUT2D eigenvalue weighted by atomic mass is 9.91. The topological polar surface area (TPSA) is 57.8 Å². The van der Waals surface area contributed by atoms with Crippen LogP contribution in [0.2, 0.25) is 0 Å². The Labute approximate surface area is 181 Å². The van der Waals surface area contributed by atoms with Gasteiger partial charge in [-0.1, -0.05) is 42.5 Å². The van der Waals surface area contributed by atoms with E-state index in [1.165, 1.54) is 5.56 Å². The highest BCUT2D eigenvalue weighted by atomic mass is 16.5. The Hall–Kier alpha value is -3.67. The number of imidazole rings is 1. The standard InChI is InChI=1S/C25H25N5O/c1-18-16-29(17-26-18)22-12-10-19(15-23(22)31-2)11-13-24-27-25-21(9-6-14-30(25)28-24)20-7-4-3-5-8-20/h3-5,7-8,10-13,15-17,21H,6,9,14H2,1-2H3/b13-11+/t21-/m1/s1. The predicted octanol–water partition coefficient (Wildman–Crippen LogP) is 4.88. The number of methoxy groups -OCH3 is 1. The molecule has 0 amide bonds. The molecule has 0 unspecified atom stereocenters. The Morgan fingerprint density at radius 1 is 1.10 bits per heavy atom. The van der Waals surface area contributed by atoms with Crippen LogP contribution in [0.1, 0.15) is 47.2 Å². The summed E-state index contributed by atoms with van der Waals surface area (Å²) >= 11 is 0. The first-order chi connectivity index (χ1) is 15.2. The number of hydrogen-bond acceptors (Lipinski definition) is 4. The molecule has 4 aromatic rings. The number of rotatable bonds is 5. The van der Waals surface area contributed by atoms with E-state index in [4.69, 9.17) is 14.8 Å². The maximum Gasteiger partial charge on any atom is 0.174 e. The summed E-state index contributed by atoms with van der Waals surface area (Å²) in [6.07, 6.45) is 10.0. The van der Waals surface area contributed by atoms with E-state index >= 15 is 0 Å². The fourth-order valence-electron chi connectivity index (χ4n) is 4.18. The predicted molar refractivity (Wildman–Crippen MR) is 121 cm³/mol. The highest BCUT2D eigenvalue weighted by Crippen LogP contribution is 2.32. The molecular formula is C25H25N5O. The zero-order chi connectivity index (χ0) is 21.2. The third-order valence-electron chi connectivity index (χ3n) is 5.71. The molecule has 2 aromatic carbocycles. The largest absolute Gasteiger partial charge is 0.495 e. The molecule has 0 saturated carbocycles. The van der Waals surface area contributed by atoms with Crippen molar-refractivity contribution in [3.05, 3.63) is 89.5 Å². The number of nitrogens with zero attached hydrogens (tertiary/aromatic N) is 5. The zero-order valence-corrected chi connectivity index (χ0v) is 17.8. The van der Waals surface area contributed by atoms with Crippen molar-refractivity contribution in [3.63, 3.8) is 0 Å². The van der Waals surface area contributed by atoms with Crippen molar-refractivity contribution in [1.82, 2.24) is 24.3 Å². The second-order valence-electron chi connectivity index (χ2n) is 7.84. The van der Waals surface area contributed by atoms with Gasteiger partial charge in [0.1, 0.15) is 11.6 Å². The molecule has 31 heavy (non-hydrogen) atoms. The molecule has 1 aliphatic rings. The number of ether oxygens (including phenoxy) is 1. The van der Waals surface area contributed by atoms with Gasteiger partial charge in [-0.05, 0) is 49.1 Å². The fraction of sp³-hybridized carbons (Fsp3) is 0.240. The third-order valence-corrected chi connectivity index (χ3v) is 5.71. The summed E-state index contributed by atoms with van der Waals surface area (Å²) in [5, 5.41) is 4.73. The molecule has 6 nitrogen and oxygen atoms in total. The fourth-order valence-corrected chi connectivity index (χ4v) is 4.18. The van der Waals surface area contributed by atoms with E-state index in [2.05, 4.69) is 46.1 Å². The van der Waals surface area contributed by atoms with Crippen molar-refractivity contribution in [2.45, 2.75) is 32.2 Å². The SMILES string of the molecule is COc1cc(/C=C/c2nc3n(n2)CCC[C@@H]3c2ccccc2)ccc1-n1cnc(C)c1. The molecule has 0 aliphatic carbocycles. The average Bonchev–Trinajstić information content (AvgIpc) is 3.43. The minimum absolute atomic E-state index is 0.308. The van der Waals surface area contributed by atoms with Crippen LogP contribution in [0.15, 0.2) is 61.1 Å². The van der Waals surface area contributed by atoms with Crippen molar-refractivity contribution < 1.29 is 4.74 Å². The van der Waals surface area contributed by atoms with E-state index in [9.17, 15) is 0 Å². The van der Waals surface area contributed by atoms with Crippen molar-refractivity contribution in [2.24, 2.45) is 0 Å². The summed E-state index contributed by atoms with van der Waals surface area (Å²) in [4.78, 5) is 9.16. The Morgan fingerprint density at radius 3 is 2.74 bits per heavy atom. The van der Waals surface area contributed by atoms with E-state index in [0.717, 1.165) is 53.7 Å². The van der Waals surface area contributed by atoms with E-state index in [1.54, 1.807) is 13.4 Å². The highest BCUT2D eigenvalue weighted by molar-refractivity contribution is 5.69. The number of hydrogen-bond donors (Lipinski definition) is 0. The maximum absolute atomic E-state index is 5.61. The smallest absolute Gasteiger partial charge is 0.174 e. The second kappa shape index (κ2) is 8.22. The first-order valence-corrected chi connectivity index (χ1v) is 10.6. The summed E-state index contributed by atoms with van der Waals surface area (Å²) in [5.74, 6) is 2.90. The van der Waals surface area contributed by atoms with Gasteiger partial charge in [-0.3, -0.25) is 0 Å². The van der Waals surface area contributed by atoms with E-state index in [0.29, 0.717) is 5.92 Å². The van der Waals surface area contributed by atoms with Crippen molar-refractivity contribution in [1.29, 1.82) is 0 Å². The second-order valence-corrected chi connectivity index (χ2v) is 7.84. The molecule has 6 heteroatoms. The van der Waals surface area contributed by atoms with Crippen LogP contribution in [-0.2, 0) is 6.54 Å². The van der Waals surface area contributed by atoms with E-state index in [1.807, 2.05) is 42.0 Å². The number of aromatic nitrogens is 5. The van der Waals surface area contributed by atoms with Crippen LogP contribution in [-0.4, -0.2) is 31.4 Å². The zero-order valence-electron chi connectivity index (χ0n) is 17.8. The molecular weight excluding hydrogens is 386 g/mol. The van der Waals surface area contributed by atoms with E-state index < -0.39 is 0 Å². The minimum Gasteiger partial charge on any atom is -0.495 e. The Balaban J connectivity index is 1.41. The molecule has 5 rings (SSSR count). The van der Waals surface area contributed by atoms with Crippen LogP contribution in [0.3, 0.4) is 0 Å². The molecule has 0 N–H and O–H groups in total. The van der Waals surface area contributed by atoms with Crippen LogP contribution in [0.25, 0.3) is 17.8 Å². The third kappa shape index (κ3) is 3.89. The highest BCUT2D eigenvalue weighted by Gasteiger charge is 2.25. The van der Waals surface area contributed by atoms with Gasteiger partial charge < -0.3 is 9.30 Å². The van der Waals surface area contributed by atoms with Gasteiger partial charge in [-0.2, -0.15) is 5.10 Å². The number of benzene rings is 2.